The van der Waals surface area contributed by atoms with Gasteiger partial charge in [0.05, 0.1) is 23.3 Å². The maximum atomic E-state index is 14.6. The number of sulfonamides is 1. The summed E-state index contributed by atoms with van der Waals surface area (Å²) in [6.45, 7) is 0.223. The van der Waals surface area contributed by atoms with Crippen LogP contribution < -0.4 is 10.1 Å². The van der Waals surface area contributed by atoms with Crippen LogP contribution in [0.4, 0.5) is 10.1 Å². The molecule has 1 saturated carbocycles. The Labute approximate surface area is 303 Å². The number of amides is 1. The van der Waals surface area contributed by atoms with Crippen molar-refractivity contribution in [3.8, 4) is 17.0 Å². The van der Waals surface area contributed by atoms with E-state index in [0.717, 1.165) is 55.0 Å². The number of hydrogen-bond donors (Lipinski definition) is 1. The molecular formula is C38H46FN4O8S+. The van der Waals surface area contributed by atoms with Crippen molar-refractivity contribution in [3.63, 3.8) is 0 Å². The summed E-state index contributed by atoms with van der Waals surface area (Å²) in [5.41, 5.74) is 3.81. The quantitative estimate of drug-likeness (QED) is 0.0756. The number of methoxy groups -OCH3 is 1. The monoisotopic (exact) mass is 737 g/mol. The molecule has 1 N–H and O–H groups in total. The number of unbranched alkanes of at least 4 members (excludes halogenated alkanes) is 2. The highest BCUT2D eigenvalue weighted by Crippen LogP contribution is 2.46. The first-order chi connectivity index (χ1) is 25.0. The van der Waals surface area contributed by atoms with Gasteiger partial charge in [-0.3, -0.25) is 4.79 Å². The molecule has 0 bridgehead atoms. The second-order valence-electron chi connectivity index (χ2n) is 13.0. The van der Waals surface area contributed by atoms with E-state index in [9.17, 15) is 27.3 Å². The van der Waals surface area contributed by atoms with Crippen molar-refractivity contribution in [1.29, 1.82) is 0 Å². The number of halogens is 1. The second-order valence-corrected chi connectivity index (χ2v) is 15.0. The number of para-hydroxylation sites is 1. The predicted molar refractivity (Wildman–Crippen MR) is 194 cm³/mol. The first kappa shape index (κ1) is 38.4. The van der Waals surface area contributed by atoms with Gasteiger partial charge in [-0.05, 0) is 67.5 Å². The van der Waals surface area contributed by atoms with E-state index >= 15 is 0 Å². The summed E-state index contributed by atoms with van der Waals surface area (Å²) in [5.74, 6) is -0.794. The highest BCUT2D eigenvalue weighted by atomic mass is 32.2. The van der Waals surface area contributed by atoms with Crippen molar-refractivity contribution in [1.82, 2.24) is 14.2 Å². The third-order valence-electron chi connectivity index (χ3n) is 9.62. The van der Waals surface area contributed by atoms with Crippen LogP contribution in [-0.4, -0.2) is 75.1 Å². The van der Waals surface area contributed by atoms with Gasteiger partial charge in [0.15, 0.2) is 18.6 Å². The number of aryl methyl sites for hydroxylation is 1. The van der Waals surface area contributed by atoms with E-state index in [2.05, 4.69) is 10.2 Å². The van der Waals surface area contributed by atoms with Gasteiger partial charge in [0.1, 0.15) is 11.6 Å². The lowest BCUT2D eigenvalue weighted by molar-refractivity contribution is -0.738. The topological polar surface area (TPSA) is 136 Å². The zero-order valence-electron chi connectivity index (χ0n) is 30.0. The van der Waals surface area contributed by atoms with Crippen LogP contribution >= 0.6 is 0 Å². The van der Waals surface area contributed by atoms with Crippen LogP contribution in [0, 0.1) is 10.7 Å². The summed E-state index contributed by atoms with van der Waals surface area (Å²) in [7, 11) is 1.93. The fraction of sp³-hybridized carbons (Fsp3) is 0.421. The fourth-order valence-corrected chi connectivity index (χ4v) is 8.29. The zero-order valence-corrected chi connectivity index (χ0v) is 30.8. The number of ether oxygens (including phenoxy) is 2. The molecule has 1 amide bonds. The summed E-state index contributed by atoms with van der Waals surface area (Å²) in [5, 5.41) is 3.84. The lowest BCUT2D eigenvalue weighted by Crippen LogP contribution is -2.30. The maximum Gasteiger partial charge on any atom is 0.337 e. The van der Waals surface area contributed by atoms with Gasteiger partial charge in [0.25, 0.3) is 10.8 Å². The summed E-state index contributed by atoms with van der Waals surface area (Å²) >= 11 is 0. The van der Waals surface area contributed by atoms with E-state index in [1.165, 1.54) is 55.2 Å². The molecule has 14 heteroatoms. The third-order valence-corrected chi connectivity index (χ3v) is 11.5. The highest BCUT2D eigenvalue weighted by Gasteiger charge is 2.32. The van der Waals surface area contributed by atoms with E-state index in [1.807, 2.05) is 23.7 Å². The van der Waals surface area contributed by atoms with E-state index in [4.69, 9.17) is 9.47 Å². The van der Waals surface area contributed by atoms with Crippen LogP contribution in [-0.2, 0) is 31.4 Å². The average molecular weight is 738 g/mol. The summed E-state index contributed by atoms with van der Waals surface area (Å²) in [6, 6.07) is 15.7. The summed E-state index contributed by atoms with van der Waals surface area (Å²) < 4.78 is 55.0. The lowest BCUT2D eigenvalue weighted by Gasteiger charge is -2.24. The number of aromatic nitrogens is 1. The zero-order chi connectivity index (χ0) is 37.4. The van der Waals surface area contributed by atoms with Crippen molar-refractivity contribution >= 4 is 38.5 Å². The Bertz CT molecular complexity index is 2040. The minimum absolute atomic E-state index is 0.108. The molecule has 0 unspecified atom stereocenters. The molecule has 0 saturated heterocycles. The summed E-state index contributed by atoms with van der Waals surface area (Å²) in [4.78, 5) is 41.9. The molecule has 1 fully saturated rings. The molecule has 0 atom stereocenters. The number of fused-ring (bicyclic) bond motifs is 1. The van der Waals surface area contributed by atoms with Crippen LogP contribution in [0.2, 0.25) is 0 Å². The Morgan fingerprint density at radius 3 is 2.48 bits per heavy atom. The van der Waals surface area contributed by atoms with Gasteiger partial charge in [-0.2, -0.15) is 0 Å². The van der Waals surface area contributed by atoms with Crippen LogP contribution in [0.15, 0.2) is 65.6 Å². The van der Waals surface area contributed by atoms with Crippen LogP contribution in [0.1, 0.15) is 73.2 Å². The van der Waals surface area contributed by atoms with Gasteiger partial charge in [-0.15, -0.1) is 0 Å². The molecule has 278 valence electrons. The average Bonchev–Trinajstić information content (AvgIpc) is 3.45. The van der Waals surface area contributed by atoms with Gasteiger partial charge < -0.3 is 19.4 Å². The molecule has 0 radical (unpaired) electrons. The molecule has 1 aliphatic rings. The summed E-state index contributed by atoms with van der Waals surface area (Å²) in [6.07, 6.45) is 7.16. The molecule has 3 aromatic carbocycles. The first-order valence-electron chi connectivity index (χ1n) is 17.4. The number of esters is 1. The molecular weight excluding hydrogens is 692 g/mol. The van der Waals surface area contributed by atoms with E-state index in [-0.39, 0.29) is 46.2 Å². The molecule has 0 aliphatic heterocycles. The molecule has 5 rings (SSSR count). The lowest BCUT2D eigenvalue weighted by atomic mass is 9.81. The Balaban J connectivity index is 1.22. The second kappa shape index (κ2) is 17.1. The number of nitrogens with zero attached hydrogens (tertiary/aromatic N) is 3. The van der Waals surface area contributed by atoms with Crippen LogP contribution in [0.5, 0.6) is 5.75 Å². The maximum absolute atomic E-state index is 14.6. The van der Waals surface area contributed by atoms with Crippen LogP contribution in [0.25, 0.3) is 22.2 Å². The van der Waals surface area contributed by atoms with E-state index in [1.54, 1.807) is 18.2 Å². The molecule has 52 heavy (non-hydrogen) atoms. The first-order valence-corrected chi connectivity index (χ1v) is 18.9. The molecule has 1 aromatic heterocycles. The van der Waals surface area contributed by atoms with Crippen molar-refractivity contribution in [2.75, 3.05) is 41.0 Å². The highest BCUT2D eigenvalue weighted by molar-refractivity contribution is 7.89. The van der Waals surface area contributed by atoms with E-state index < -0.39 is 21.8 Å². The van der Waals surface area contributed by atoms with E-state index in [0.29, 0.717) is 36.9 Å². The Kier molecular flexibility index (Phi) is 12.7. The molecule has 1 aliphatic carbocycles. The van der Waals surface area contributed by atoms with Crippen molar-refractivity contribution in [3.05, 3.63) is 82.5 Å². The third kappa shape index (κ3) is 8.45. The van der Waals surface area contributed by atoms with Gasteiger partial charge in [0, 0.05) is 55.8 Å². The van der Waals surface area contributed by atoms with Gasteiger partial charge >= 0.3 is 11.7 Å². The van der Waals surface area contributed by atoms with Gasteiger partial charge in [-0.1, -0.05) is 43.9 Å². The number of nitrogens with one attached hydrogen (secondary N) is 1. The Morgan fingerprint density at radius 2 is 1.75 bits per heavy atom. The Morgan fingerprint density at radius 1 is 1.00 bits per heavy atom. The minimum Gasteiger partial charge on any atom is -0.483 e. The molecule has 4 aromatic rings. The van der Waals surface area contributed by atoms with Gasteiger partial charge in [-0.25, -0.2) is 26.7 Å². The Hall–Kier alpha value is -4.82. The number of hydrogen-bond acceptors (Lipinski definition) is 8. The number of carbonyl (C=O) groups is 2. The fourth-order valence-electron chi connectivity index (χ4n) is 6.92. The normalized spacial score (nSPS) is 13.7. The SMILES string of the molecule is COC(=O)c1ccc2c(C3CCCCC3)c(-c3ccc(F)cc3OCC(=O)NCCCCCN(C)S(=O)(=O)c3ccccc3[N+](=O)OC)n(C)c2c1. The minimum atomic E-state index is -3.94. The number of carbonyl (C=O) groups excluding carboxylic acids is 2. The molecule has 1 heterocycles. The number of benzene rings is 3. The number of rotatable bonds is 16. The van der Waals surface area contributed by atoms with Crippen molar-refractivity contribution in [2.24, 2.45) is 7.05 Å². The van der Waals surface area contributed by atoms with Gasteiger partial charge in [0.2, 0.25) is 10.0 Å². The van der Waals surface area contributed by atoms with Crippen LogP contribution in [0.3, 0.4) is 0 Å². The predicted octanol–water partition coefficient (Wildman–Crippen LogP) is 6.78. The molecule has 12 nitrogen and oxygen atoms in total. The largest absolute Gasteiger partial charge is 0.483 e. The standard InChI is InChI=1S/C38H45FN4O8S/c1-41(52(47,48)34-16-10-9-15-31(34)43(46)50-4)22-12-6-11-21-40-35(44)25-51-33-24-28(39)18-20-30(33)37-36(26-13-7-5-8-14-26)29-19-17-27(38(45)49-3)23-32(29)42(37)2/h9-10,15-20,23-24,26H,5-8,11-14,21-22,25H2,1-4H3/p+1. The molecule has 0 spiro atoms. The van der Waals surface area contributed by atoms with Crippen molar-refractivity contribution < 1.29 is 41.6 Å². The van der Waals surface area contributed by atoms with Crippen molar-refractivity contribution in [2.45, 2.75) is 62.2 Å². The smallest absolute Gasteiger partial charge is 0.337 e.